The lowest BCUT2D eigenvalue weighted by molar-refractivity contribution is 0.384. The lowest BCUT2D eigenvalue weighted by Crippen LogP contribution is -2.48. The van der Waals surface area contributed by atoms with E-state index in [4.69, 9.17) is 0 Å². The summed E-state index contributed by atoms with van der Waals surface area (Å²) in [4.78, 5) is 12.3. The van der Waals surface area contributed by atoms with Crippen LogP contribution in [0.15, 0.2) is 28.5 Å². The predicted octanol–water partition coefficient (Wildman–Crippen LogP) is 2.72. The van der Waals surface area contributed by atoms with E-state index in [2.05, 4.69) is 20.0 Å². The molecule has 1 aliphatic rings. The Morgan fingerprint density at radius 2 is 1.70 bits per heavy atom. The summed E-state index contributed by atoms with van der Waals surface area (Å²) in [6.45, 7) is 9.87. The van der Waals surface area contributed by atoms with Gasteiger partial charge in [0.15, 0.2) is 5.82 Å². The van der Waals surface area contributed by atoms with E-state index in [1.165, 1.54) is 11.3 Å². The van der Waals surface area contributed by atoms with Gasteiger partial charge < -0.3 is 4.90 Å². The van der Waals surface area contributed by atoms with Gasteiger partial charge >= 0.3 is 0 Å². The fraction of sp³-hybridized carbons (Fsp3) is 0.450. The highest BCUT2D eigenvalue weighted by Crippen LogP contribution is 2.27. The minimum Gasteiger partial charge on any atom is -0.354 e. The van der Waals surface area contributed by atoms with Gasteiger partial charge in [-0.15, -0.1) is 11.3 Å². The van der Waals surface area contributed by atoms with Crippen molar-refractivity contribution in [3.8, 4) is 5.82 Å². The summed E-state index contributed by atoms with van der Waals surface area (Å²) in [5.41, 5.74) is 1.94. The summed E-state index contributed by atoms with van der Waals surface area (Å²) in [7, 11) is -3.44. The summed E-state index contributed by atoms with van der Waals surface area (Å²) in [5.74, 6) is 2.19. The van der Waals surface area contributed by atoms with Crippen molar-refractivity contribution < 1.29 is 8.42 Å². The number of aromatic nitrogens is 4. The molecule has 0 atom stereocenters. The minimum absolute atomic E-state index is 0.428. The summed E-state index contributed by atoms with van der Waals surface area (Å²) in [5, 5.41) is 4.52. The van der Waals surface area contributed by atoms with Gasteiger partial charge in [-0.2, -0.15) is 9.40 Å². The molecule has 0 saturated carbocycles. The number of nitrogens with zero attached hydrogens (tertiary/aromatic N) is 6. The van der Waals surface area contributed by atoms with Gasteiger partial charge in [0.05, 0.1) is 5.69 Å². The van der Waals surface area contributed by atoms with Crippen LogP contribution in [0.5, 0.6) is 0 Å². The zero-order valence-corrected chi connectivity index (χ0v) is 19.3. The molecule has 8 nitrogen and oxygen atoms in total. The van der Waals surface area contributed by atoms with Crippen LogP contribution >= 0.6 is 11.3 Å². The van der Waals surface area contributed by atoms with Gasteiger partial charge in [-0.1, -0.05) is 6.92 Å². The summed E-state index contributed by atoms with van der Waals surface area (Å²) in [6.07, 6.45) is 0.846. The molecule has 1 fully saturated rings. The molecule has 30 heavy (non-hydrogen) atoms. The third kappa shape index (κ3) is 3.99. The molecule has 0 bridgehead atoms. The smallest absolute Gasteiger partial charge is 0.252 e. The third-order valence-electron chi connectivity index (χ3n) is 5.18. The summed E-state index contributed by atoms with van der Waals surface area (Å²) >= 11 is 1.36. The third-order valence-corrected chi connectivity index (χ3v) is 8.78. The summed E-state index contributed by atoms with van der Waals surface area (Å²) < 4.78 is 29.8. The Morgan fingerprint density at radius 1 is 1.00 bits per heavy atom. The number of thiophene rings is 1. The van der Waals surface area contributed by atoms with Crippen LogP contribution in [0.25, 0.3) is 5.82 Å². The van der Waals surface area contributed by atoms with Crippen LogP contribution in [0.3, 0.4) is 0 Å². The maximum absolute atomic E-state index is 13.0. The zero-order chi connectivity index (χ0) is 21.5. The Labute approximate surface area is 181 Å². The van der Waals surface area contributed by atoms with E-state index in [0.717, 1.165) is 34.3 Å². The zero-order valence-electron chi connectivity index (χ0n) is 17.7. The normalized spacial score (nSPS) is 15.7. The van der Waals surface area contributed by atoms with Crippen molar-refractivity contribution in [2.24, 2.45) is 0 Å². The van der Waals surface area contributed by atoms with Gasteiger partial charge in [0, 0.05) is 42.8 Å². The predicted molar refractivity (Wildman–Crippen MR) is 118 cm³/mol. The first-order valence-corrected chi connectivity index (χ1v) is 12.3. The number of piperazine rings is 1. The monoisotopic (exact) mass is 446 g/mol. The molecule has 3 aromatic rings. The van der Waals surface area contributed by atoms with Crippen molar-refractivity contribution in [2.45, 2.75) is 38.3 Å². The van der Waals surface area contributed by atoms with Crippen LogP contribution in [0.1, 0.15) is 29.0 Å². The van der Waals surface area contributed by atoms with Crippen LogP contribution in [0, 0.1) is 20.8 Å². The maximum atomic E-state index is 13.0. The first-order chi connectivity index (χ1) is 14.3. The number of aryl methyl sites for hydroxylation is 4. The molecule has 1 saturated heterocycles. The molecule has 0 radical (unpaired) electrons. The number of anilines is 1. The van der Waals surface area contributed by atoms with E-state index in [9.17, 15) is 8.42 Å². The van der Waals surface area contributed by atoms with Crippen LogP contribution in [0.4, 0.5) is 5.82 Å². The molecule has 0 amide bonds. The molecular weight excluding hydrogens is 420 g/mol. The molecule has 0 N–H and O–H groups in total. The molecule has 3 aromatic heterocycles. The van der Waals surface area contributed by atoms with Crippen molar-refractivity contribution in [1.82, 2.24) is 24.1 Å². The van der Waals surface area contributed by atoms with E-state index in [1.54, 1.807) is 10.4 Å². The molecular formula is C20H26N6O2S2. The number of hydrogen-bond acceptors (Lipinski definition) is 7. The van der Waals surface area contributed by atoms with Crippen molar-refractivity contribution in [3.05, 3.63) is 46.4 Å². The molecule has 1 aliphatic heterocycles. The van der Waals surface area contributed by atoms with Crippen LogP contribution in [-0.2, 0) is 16.4 Å². The minimum atomic E-state index is -3.44. The molecule has 0 aliphatic carbocycles. The Bertz CT molecular complexity index is 1160. The highest BCUT2D eigenvalue weighted by Gasteiger charge is 2.30. The van der Waals surface area contributed by atoms with Gasteiger partial charge in [-0.25, -0.2) is 23.1 Å². The maximum Gasteiger partial charge on any atom is 0.252 e. The second-order valence-corrected chi connectivity index (χ2v) is 10.8. The van der Waals surface area contributed by atoms with Crippen LogP contribution < -0.4 is 4.90 Å². The molecule has 4 heterocycles. The van der Waals surface area contributed by atoms with Gasteiger partial charge in [0.1, 0.15) is 15.9 Å². The number of rotatable bonds is 5. The quantitative estimate of drug-likeness (QED) is 0.599. The second-order valence-electron chi connectivity index (χ2n) is 7.44. The molecule has 0 spiro atoms. The Kier molecular flexibility index (Phi) is 5.65. The topological polar surface area (TPSA) is 84.2 Å². The van der Waals surface area contributed by atoms with Crippen molar-refractivity contribution in [2.75, 3.05) is 31.1 Å². The Morgan fingerprint density at radius 3 is 2.30 bits per heavy atom. The standard InChI is InChI=1S/C20H26N6O2S2/c1-5-17-6-7-20(29-17)30(27,28)25-10-8-24(9-11-25)18-13-19(22-16(4)21-18)26-15(3)12-14(2)23-26/h6-7,12-13H,5,8-11H2,1-4H3. The average Bonchev–Trinajstić information content (AvgIpc) is 3.34. The molecule has 4 rings (SSSR count). The second kappa shape index (κ2) is 8.09. The fourth-order valence-corrected chi connectivity index (χ4v) is 6.51. The van der Waals surface area contributed by atoms with Gasteiger partial charge in [0.2, 0.25) is 0 Å². The van der Waals surface area contributed by atoms with E-state index in [-0.39, 0.29) is 0 Å². The van der Waals surface area contributed by atoms with Crippen LogP contribution in [0.2, 0.25) is 0 Å². The van der Waals surface area contributed by atoms with E-state index >= 15 is 0 Å². The number of sulfonamides is 1. The van der Waals surface area contributed by atoms with E-state index < -0.39 is 10.0 Å². The SMILES string of the molecule is CCc1ccc(S(=O)(=O)N2CCN(c3cc(-n4nc(C)cc4C)nc(C)n3)CC2)s1. The largest absolute Gasteiger partial charge is 0.354 e. The molecule has 0 unspecified atom stereocenters. The fourth-order valence-electron chi connectivity index (χ4n) is 3.64. The molecule has 160 valence electrons. The van der Waals surface area contributed by atoms with E-state index in [1.807, 2.05) is 50.6 Å². The Hall–Kier alpha value is -2.30. The summed E-state index contributed by atoms with van der Waals surface area (Å²) in [6, 6.07) is 7.55. The van der Waals surface area contributed by atoms with Crippen molar-refractivity contribution in [3.63, 3.8) is 0 Å². The first-order valence-electron chi connectivity index (χ1n) is 10.0. The van der Waals surface area contributed by atoms with Crippen LogP contribution in [-0.4, -0.2) is 58.7 Å². The van der Waals surface area contributed by atoms with Gasteiger partial charge in [-0.05, 0) is 45.4 Å². The lowest BCUT2D eigenvalue weighted by atomic mass is 10.3. The number of hydrogen-bond donors (Lipinski definition) is 0. The van der Waals surface area contributed by atoms with Crippen molar-refractivity contribution >= 4 is 27.2 Å². The molecule has 10 heteroatoms. The average molecular weight is 447 g/mol. The van der Waals surface area contributed by atoms with Gasteiger partial charge in [-0.3, -0.25) is 0 Å². The first kappa shape index (κ1) is 21.0. The highest BCUT2D eigenvalue weighted by molar-refractivity contribution is 7.91. The van der Waals surface area contributed by atoms with E-state index in [0.29, 0.717) is 36.2 Å². The van der Waals surface area contributed by atoms with Crippen molar-refractivity contribution in [1.29, 1.82) is 0 Å². The Balaban J connectivity index is 1.52. The molecule has 0 aromatic carbocycles. The highest BCUT2D eigenvalue weighted by atomic mass is 32.2. The van der Waals surface area contributed by atoms with Gasteiger partial charge in [0.25, 0.3) is 10.0 Å². The lowest BCUT2D eigenvalue weighted by Gasteiger charge is -2.34.